The summed E-state index contributed by atoms with van der Waals surface area (Å²) in [7, 11) is 0. The van der Waals surface area contributed by atoms with E-state index < -0.39 is 0 Å². The van der Waals surface area contributed by atoms with Gasteiger partial charge in [0.25, 0.3) is 0 Å². The molecule has 0 atom stereocenters. The molecule has 2 heteroatoms. The first-order valence-corrected chi connectivity index (χ1v) is 4.60. The highest BCUT2D eigenvalue weighted by Gasteiger charge is 1.96. The van der Waals surface area contributed by atoms with Crippen molar-refractivity contribution in [1.29, 1.82) is 0 Å². The molecule has 0 saturated carbocycles. The lowest BCUT2D eigenvalue weighted by Gasteiger charge is -1.99. The van der Waals surface area contributed by atoms with Crippen molar-refractivity contribution in [3.63, 3.8) is 0 Å². The molecule has 2 rings (SSSR count). The second-order valence-corrected chi connectivity index (χ2v) is 2.97. The molecule has 0 unspecified atom stereocenters. The molecule has 0 saturated heterocycles. The number of benzene rings is 1. The second kappa shape index (κ2) is 6.14. The summed E-state index contributed by atoms with van der Waals surface area (Å²) >= 11 is 0. The topological polar surface area (TPSA) is 12.4 Å². The van der Waals surface area contributed by atoms with Crippen molar-refractivity contribution in [2.24, 2.45) is 4.99 Å². The zero-order chi connectivity index (χ0) is 9.64. The van der Waals surface area contributed by atoms with Crippen molar-refractivity contribution in [2.75, 3.05) is 0 Å². The summed E-state index contributed by atoms with van der Waals surface area (Å²) in [5.74, 6) is 0. The minimum atomic E-state index is 0. The van der Waals surface area contributed by atoms with Crippen LogP contribution in [0, 0.1) is 0 Å². The predicted octanol–water partition coefficient (Wildman–Crippen LogP) is 3.69. The van der Waals surface area contributed by atoms with Crippen LogP contribution in [-0.4, -0.2) is 5.71 Å². The third-order valence-electron chi connectivity index (χ3n) is 1.96. The van der Waals surface area contributed by atoms with Crippen LogP contribution in [0.3, 0.4) is 0 Å². The third-order valence-corrected chi connectivity index (χ3v) is 1.96. The van der Waals surface area contributed by atoms with Crippen molar-refractivity contribution in [2.45, 2.75) is 0 Å². The molecule has 1 aromatic carbocycles. The summed E-state index contributed by atoms with van der Waals surface area (Å²) in [6.07, 6.45) is 11.7. The van der Waals surface area contributed by atoms with Gasteiger partial charge in [-0.3, -0.25) is 4.99 Å². The molecule has 0 aliphatic carbocycles. The van der Waals surface area contributed by atoms with Gasteiger partial charge < -0.3 is 0 Å². The van der Waals surface area contributed by atoms with Crippen LogP contribution in [0.1, 0.15) is 5.56 Å². The summed E-state index contributed by atoms with van der Waals surface area (Å²) in [6.45, 7) is 0. The highest BCUT2D eigenvalue weighted by atomic mass is 79.9. The maximum atomic E-state index is 4.35. The van der Waals surface area contributed by atoms with E-state index in [0.717, 1.165) is 11.3 Å². The Kier molecular flexibility index (Phi) is 4.78. The molecule has 0 spiro atoms. The van der Waals surface area contributed by atoms with Crippen LogP contribution in [-0.2, 0) is 0 Å². The van der Waals surface area contributed by atoms with Crippen molar-refractivity contribution < 1.29 is 0 Å². The van der Waals surface area contributed by atoms with Crippen LogP contribution in [0.4, 0.5) is 0 Å². The van der Waals surface area contributed by atoms with Crippen molar-refractivity contribution in [3.05, 3.63) is 72.5 Å². The zero-order valence-electron chi connectivity index (χ0n) is 8.21. The number of hydrogen-bond acceptors (Lipinski definition) is 1. The minimum Gasteiger partial charge on any atom is -0.256 e. The zero-order valence-corrected chi connectivity index (χ0v) is 9.92. The van der Waals surface area contributed by atoms with Crippen molar-refractivity contribution >= 4 is 22.7 Å². The van der Waals surface area contributed by atoms with E-state index in [9.17, 15) is 0 Å². The van der Waals surface area contributed by atoms with Crippen LogP contribution in [0.5, 0.6) is 0 Å². The minimum absolute atomic E-state index is 0. The Morgan fingerprint density at radius 1 is 0.800 bits per heavy atom. The van der Waals surface area contributed by atoms with E-state index >= 15 is 0 Å². The molecular formula is C13H12BrN. The van der Waals surface area contributed by atoms with Gasteiger partial charge in [0.2, 0.25) is 0 Å². The summed E-state index contributed by atoms with van der Waals surface area (Å²) in [5, 5.41) is 0. The number of allylic oxidation sites excluding steroid dienone is 5. The van der Waals surface area contributed by atoms with Gasteiger partial charge in [-0.1, -0.05) is 48.6 Å². The maximum absolute atomic E-state index is 4.35. The van der Waals surface area contributed by atoms with Crippen LogP contribution in [0.15, 0.2) is 71.9 Å². The van der Waals surface area contributed by atoms with Gasteiger partial charge in [0.1, 0.15) is 0 Å². The quantitative estimate of drug-likeness (QED) is 0.731. The summed E-state index contributed by atoms with van der Waals surface area (Å²) < 4.78 is 0. The molecule has 0 radical (unpaired) electrons. The molecule has 76 valence electrons. The Balaban J connectivity index is 0.00000112. The van der Waals surface area contributed by atoms with Crippen LogP contribution in [0.2, 0.25) is 0 Å². The summed E-state index contributed by atoms with van der Waals surface area (Å²) in [4.78, 5) is 4.35. The number of hydrogen-bond donors (Lipinski definition) is 0. The largest absolute Gasteiger partial charge is 0.256 e. The van der Waals surface area contributed by atoms with Crippen molar-refractivity contribution in [3.8, 4) is 0 Å². The van der Waals surface area contributed by atoms with Gasteiger partial charge >= 0.3 is 0 Å². The lowest BCUT2D eigenvalue weighted by atomic mass is 10.1. The number of halogens is 1. The van der Waals surface area contributed by atoms with Crippen LogP contribution < -0.4 is 0 Å². The molecule has 0 amide bonds. The van der Waals surface area contributed by atoms with Crippen LogP contribution >= 0.6 is 17.0 Å². The lowest BCUT2D eigenvalue weighted by molar-refractivity contribution is 1.52. The van der Waals surface area contributed by atoms with Gasteiger partial charge in [0.05, 0.1) is 5.71 Å². The van der Waals surface area contributed by atoms with E-state index in [1.807, 2.05) is 54.8 Å². The highest BCUT2D eigenvalue weighted by Crippen LogP contribution is 2.04. The fraction of sp³-hybridized carbons (Fsp3) is 0. The van der Waals surface area contributed by atoms with E-state index in [1.165, 1.54) is 0 Å². The first-order valence-electron chi connectivity index (χ1n) is 4.60. The van der Waals surface area contributed by atoms with E-state index in [-0.39, 0.29) is 17.0 Å². The maximum Gasteiger partial charge on any atom is 0.0701 e. The summed E-state index contributed by atoms with van der Waals surface area (Å²) in [5.41, 5.74) is 2.13. The molecule has 15 heavy (non-hydrogen) atoms. The molecule has 0 fully saturated rings. The smallest absolute Gasteiger partial charge is 0.0701 e. The van der Waals surface area contributed by atoms with E-state index in [2.05, 4.69) is 17.1 Å². The van der Waals surface area contributed by atoms with Gasteiger partial charge in [-0.05, 0) is 12.2 Å². The Morgan fingerprint density at radius 2 is 1.53 bits per heavy atom. The normalized spacial score (nSPS) is 13.7. The number of rotatable bonds is 1. The molecule has 1 aliphatic heterocycles. The SMILES string of the molecule is Br.C1=CC=CC(c2ccccc2)=NC=C1. The Bertz CT molecular complexity index is 413. The fourth-order valence-electron chi connectivity index (χ4n) is 1.27. The van der Waals surface area contributed by atoms with Gasteiger partial charge in [-0.25, -0.2) is 0 Å². The average molecular weight is 262 g/mol. The molecular weight excluding hydrogens is 250 g/mol. The monoisotopic (exact) mass is 261 g/mol. The summed E-state index contributed by atoms with van der Waals surface area (Å²) in [6, 6.07) is 10.2. The number of nitrogens with zero attached hydrogens (tertiary/aromatic N) is 1. The Hall–Kier alpha value is -1.41. The fourth-order valence-corrected chi connectivity index (χ4v) is 1.27. The predicted molar refractivity (Wildman–Crippen MR) is 70.7 cm³/mol. The molecule has 1 aromatic rings. The second-order valence-electron chi connectivity index (χ2n) is 2.97. The van der Waals surface area contributed by atoms with Gasteiger partial charge in [-0.15, -0.1) is 17.0 Å². The Morgan fingerprint density at radius 3 is 2.33 bits per heavy atom. The van der Waals surface area contributed by atoms with Gasteiger partial charge in [-0.2, -0.15) is 0 Å². The molecule has 1 heterocycles. The number of aliphatic imine (C=N–C) groups is 1. The lowest BCUT2D eigenvalue weighted by Crippen LogP contribution is -1.95. The van der Waals surface area contributed by atoms with Crippen LogP contribution in [0.25, 0.3) is 0 Å². The van der Waals surface area contributed by atoms with E-state index in [1.54, 1.807) is 0 Å². The van der Waals surface area contributed by atoms with E-state index in [0.29, 0.717) is 0 Å². The first kappa shape index (κ1) is 11.7. The van der Waals surface area contributed by atoms with E-state index in [4.69, 9.17) is 0 Å². The molecule has 0 aromatic heterocycles. The van der Waals surface area contributed by atoms with Gasteiger partial charge in [0.15, 0.2) is 0 Å². The van der Waals surface area contributed by atoms with Gasteiger partial charge in [0, 0.05) is 11.8 Å². The third kappa shape index (κ3) is 3.33. The first-order chi connectivity index (χ1) is 6.97. The average Bonchev–Trinajstić information content (AvgIpc) is 2.18. The molecule has 0 N–H and O–H groups in total. The highest BCUT2D eigenvalue weighted by molar-refractivity contribution is 8.93. The molecule has 0 bridgehead atoms. The van der Waals surface area contributed by atoms with Crippen molar-refractivity contribution in [1.82, 2.24) is 0 Å². The Labute approximate surface area is 100 Å². The molecule has 1 aliphatic rings. The standard InChI is InChI=1S/C13H11N.BrH/c1-2-7-11-14-13(10-6-1)12-8-4-3-5-9-12;/h1-11H;1H. The molecule has 1 nitrogen and oxygen atoms in total.